The Morgan fingerprint density at radius 1 is 0.545 bits per heavy atom. The van der Waals surface area contributed by atoms with E-state index in [1.54, 1.807) is 110 Å². The van der Waals surface area contributed by atoms with Crippen molar-refractivity contribution in [3.8, 4) is 22.3 Å². The van der Waals surface area contributed by atoms with Crippen molar-refractivity contribution in [2.45, 2.75) is 32.7 Å². The maximum absolute atomic E-state index is 15.1. The summed E-state index contributed by atoms with van der Waals surface area (Å²) in [5, 5.41) is 0. The Morgan fingerprint density at radius 2 is 0.909 bits per heavy atom. The molecule has 6 rings (SSSR count). The van der Waals surface area contributed by atoms with Gasteiger partial charge in [0.25, 0.3) is 0 Å². The zero-order valence-corrected chi connectivity index (χ0v) is 28.8. The molecule has 2 atom stereocenters. The van der Waals surface area contributed by atoms with Gasteiger partial charge in [-0.05, 0) is 0 Å². The van der Waals surface area contributed by atoms with Gasteiger partial charge in [-0.2, -0.15) is 0 Å². The van der Waals surface area contributed by atoms with Crippen molar-refractivity contribution in [3.63, 3.8) is 0 Å². The zero-order valence-electron chi connectivity index (χ0n) is 23.6. The van der Waals surface area contributed by atoms with E-state index in [0.717, 1.165) is 12.2 Å². The molecular formula is C34H27Cl2F6SiZr. The van der Waals surface area contributed by atoms with Gasteiger partial charge in [-0.3, -0.25) is 0 Å². The summed E-state index contributed by atoms with van der Waals surface area (Å²) in [4.78, 5) is 0. The summed E-state index contributed by atoms with van der Waals surface area (Å²) >= 11 is -6.38. The Hall–Kier alpha value is -2.38. The molecule has 10 heteroatoms. The second kappa shape index (κ2) is 10.9. The van der Waals surface area contributed by atoms with Gasteiger partial charge in [0.15, 0.2) is 0 Å². The monoisotopic (exact) mass is 737 g/mol. The first kappa shape index (κ1) is 31.6. The summed E-state index contributed by atoms with van der Waals surface area (Å²) in [6.07, 6.45) is -7.58. The predicted molar refractivity (Wildman–Crippen MR) is 168 cm³/mol. The molecule has 227 valence electrons. The quantitative estimate of drug-likeness (QED) is 0.141. The van der Waals surface area contributed by atoms with Crippen LogP contribution in [0.25, 0.3) is 34.4 Å². The van der Waals surface area contributed by atoms with E-state index in [1.165, 1.54) is 0 Å². The van der Waals surface area contributed by atoms with Gasteiger partial charge in [-0.1, -0.05) is 0 Å². The molecule has 0 aromatic heterocycles. The number of rotatable bonds is 5. The first-order valence-corrected chi connectivity index (χ1v) is 30.5. The number of fused-ring (bicyclic) bond motifs is 2. The molecule has 0 heterocycles. The summed E-state index contributed by atoms with van der Waals surface area (Å²) in [7, 11) is 15.5. The van der Waals surface area contributed by atoms with Crippen molar-refractivity contribution in [1.82, 2.24) is 0 Å². The Labute approximate surface area is 260 Å². The van der Waals surface area contributed by atoms with E-state index >= 15 is 26.3 Å². The van der Waals surface area contributed by atoms with E-state index in [1.807, 2.05) is 0 Å². The average Bonchev–Trinajstić information content (AvgIpc) is 3.59. The topological polar surface area (TPSA) is 0 Å². The van der Waals surface area contributed by atoms with E-state index in [-0.39, 0.29) is 11.1 Å². The van der Waals surface area contributed by atoms with Gasteiger partial charge in [0, 0.05) is 0 Å². The molecule has 4 aromatic carbocycles. The van der Waals surface area contributed by atoms with E-state index in [9.17, 15) is 0 Å². The third-order valence-electron chi connectivity index (χ3n) is 9.15. The fraction of sp³-hybridized carbons (Fsp3) is 0.176. The second-order valence-electron chi connectivity index (χ2n) is 11.8. The van der Waals surface area contributed by atoms with Crippen LogP contribution in [-0.2, 0) is 15.6 Å². The van der Waals surface area contributed by atoms with Crippen LogP contribution in [0.4, 0.5) is 26.3 Å². The summed E-state index contributed by atoms with van der Waals surface area (Å²) in [5.41, 5.74) is 1.69. The van der Waals surface area contributed by atoms with Crippen molar-refractivity contribution in [2.75, 3.05) is 0 Å². The van der Waals surface area contributed by atoms with Gasteiger partial charge in [-0.15, -0.1) is 0 Å². The molecule has 0 N–H and O–H groups in total. The molecule has 0 bridgehead atoms. The van der Waals surface area contributed by atoms with E-state index in [2.05, 4.69) is 0 Å². The Bertz CT molecular complexity index is 1680. The average molecular weight is 740 g/mol. The second-order valence-corrected chi connectivity index (χ2v) is 54.3. The SMILES string of the molecule is C[SiH](C)[Zr]([Cl])([Cl])([CH]1C(C(F)(F)F)=Cc2c(-c3ccccc3)cccc21)[CH]1C(C(F)(F)F)=Cc2c(-c3ccccc3)cccc21. The number of alkyl halides is 6. The van der Waals surface area contributed by atoms with Crippen molar-refractivity contribution in [2.24, 2.45) is 0 Å². The summed E-state index contributed by atoms with van der Waals surface area (Å²) in [5.74, 6) is -2.68. The number of allylic oxidation sites excluding steroid dienone is 2. The van der Waals surface area contributed by atoms with Crippen LogP contribution in [0.2, 0.25) is 13.1 Å². The standard InChI is InChI=1S/2C16H10F3.C2H7Si.2ClH.Zr/c2*17-16(18,19)13-9-12-7-4-8-14(15(12)10-13)11-5-2-1-3-6-11;1-3-2;;;/h2*1-10H;3H,1-2H3;2*1H;/q;;;;;+2/p-2. The van der Waals surface area contributed by atoms with Gasteiger partial charge in [-0.25, -0.2) is 0 Å². The van der Waals surface area contributed by atoms with Crippen molar-refractivity contribution in [3.05, 3.63) is 130 Å². The molecule has 0 nitrogen and oxygen atoms in total. The van der Waals surface area contributed by atoms with Crippen molar-refractivity contribution < 1.29 is 41.9 Å². The van der Waals surface area contributed by atoms with Gasteiger partial charge < -0.3 is 0 Å². The minimum absolute atomic E-state index is 0.254. The molecular weight excluding hydrogens is 713 g/mol. The van der Waals surface area contributed by atoms with Crippen LogP contribution in [0.15, 0.2) is 108 Å². The van der Waals surface area contributed by atoms with E-state index in [4.69, 9.17) is 17.0 Å². The maximum atomic E-state index is 15.1. The van der Waals surface area contributed by atoms with Gasteiger partial charge in [0.1, 0.15) is 0 Å². The fourth-order valence-corrected chi connectivity index (χ4v) is 37.1. The normalized spacial score (nSPS) is 19.2. The number of halogens is 8. The summed E-state index contributed by atoms with van der Waals surface area (Å²) in [6, 6.07) is 27.7. The molecule has 0 amide bonds. The Morgan fingerprint density at radius 3 is 1.23 bits per heavy atom. The molecule has 4 aromatic rings. The molecule has 2 aliphatic rings. The van der Waals surface area contributed by atoms with Crippen LogP contribution in [0.1, 0.15) is 29.5 Å². The fourth-order valence-electron chi connectivity index (χ4n) is 7.06. The van der Waals surface area contributed by atoms with Crippen LogP contribution in [-0.4, -0.2) is 18.3 Å². The van der Waals surface area contributed by atoms with Crippen LogP contribution < -0.4 is 0 Å². The van der Waals surface area contributed by atoms with Crippen LogP contribution >= 0.6 is 17.0 Å². The van der Waals surface area contributed by atoms with Crippen LogP contribution in [0.5, 0.6) is 0 Å². The van der Waals surface area contributed by atoms with Crippen LogP contribution in [0.3, 0.4) is 0 Å². The molecule has 2 aliphatic carbocycles. The number of benzene rings is 4. The molecule has 0 spiro atoms. The Kier molecular flexibility index (Phi) is 7.80. The van der Waals surface area contributed by atoms with Gasteiger partial charge in [0.05, 0.1) is 0 Å². The molecule has 0 aliphatic heterocycles. The molecule has 0 saturated carbocycles. The molecule has 44 heavy (non-hydrogen) atoms. The molecule has 0 fully saturated rings. The first-order valence-electron chi connectivity index (χ1n) is 14.2. The van der Waals surface area contributed by atoms with Gasteiger partial charge in [0.2, 0.25) is 0 Å². The summed E-state index contributed by atoms with van der Waals surface area (Å²) < 4.78 is 87.4. The first-order chi connectivity index (χ1) is 20.6. The van der Waals surface area contributed by atoms with E-state index in [0.29, 0.717) is 33.4 Å². The number of hydrogen-bond donors (Lipinski definition) is 0. The third-order valence-corrected chi connectivity index (χ3v) is 60.7. The summed E-state index contributed by atoms with van der Waals surface area (Å²) in [6.45, 7) is 3.43. The molecule has 0 saturated heterocycles. The molecule has 0 radical (unpaired) electrons. The predicted octanol–water partition coefficient (Wildman–Crippen LogP) is 11.7. The van der Waals surface area contributed by atoms with Crippen molar-refractivity contribution >= 4 is 35.1 Å². The van der Waals surface area contributed by atoms with E-state index < -0.39 is 52.2 Å². The third kappa shape index (κ3) is 4.92. The Balaban J connectivity index is 1.67. The van der Waals surface area contributed by atoms with Crippen LogP contribution in [0, 0.1) is 0 Å². The zero-order chi connectivity index (χ0) is 31.7. The minimum atomic E-state index is -6.38. The molecule has 2 unspecified atom stereocenters. The van der Waals surface area contributed by atoms with Crippen molar-refractivity contribution in [1.29, 1.82) is 0 Å². The number of hydrogen-bond acceptors (Lipinski definition) is 0. The van der Waals surface area contributed by atoms with Gasteiger partial charge >= 0.3 is 262 Å².